The maximum atomic E-state index is 15.0. The molecule has 170 valence electrons. The van der Waals surface area contributed by atoms with Crippen molar-refractivity contribution in [2.75, 3.05) is 20.3 Å². The summed E-state index contributed by atoms with van der Waals surface area (Å²) in [7, 11) is 3.57. The van der Waals surface area contributed by atoms with E-state index in [9.17, 15) is 9.18 Å². The van der Waals surface area contributed by atoms with Crippen LogP contribution in [0.25, 0.3) is 0 Å². The Labute approximate surface area is 194 Å². The Kier molecular flexibility index (Phi) is 4.89. The predicted octanol–water partition coefficient (Wildman–Crippen LogP) is 3.53. The summed E-state index contributed by atoms with van der Waals surface area (Å²) in [6, 6.07) is 2.41. The lowest BCUT2D eigenvalue weighted by atomic mass is 9.90. The van der Waals surface area contributed by atoms with Crippen LogP contribution in [0.3, 0.4) is 0 Å². The molecular formula is C22H23ClF2N4O2S. The monoisotopic (exact) mass is 480 g/mol. The van der Waals surface area contributed by atoms with Crippen LogP contribution in [0.15, 0.2) is 17.1 Å². The SMILES string of the molecule is C=N[C@@]12C[C@]1(c1c(F)ccc(Cl)c1F)Cn1c2c(CC(=O)N(C)C2CCOC2)n(C)c1=S. The largest absolute Gasteiger partial charge is 0.379 e. The van der Waals surface area contributed by atoms with Gasteiger partial charge in [0.2, 0.25) is 5.91 Å². The Morgan fingerprint density at radius 1 is 1.47 bits per heavy atom. The van der Waals surface area contributed by atoms with E-state index in [4.69, 9.17) is 28.6 Å². The molecule has 1 unspecified atom stereocenters. The standard InChI is InChI=1S/C22H23ClF2N4O2S/c1-26-22-10-21(22,17-14(24)5-4-13(23)18(17)25)11-29-19(22)15(28(3)20(29)32)8-16(30)27(2)12-6-7-31-9-12/h4-5,12H,1,6-11H2,2-3H3/t12?,21-,22-/m1/s1. The second-order valence-corrected chi connectivity index (χ2v) is 9.69. The van der Waals surface area contributed by atoms with Crippen molar-refractivity contribution in [3.63, 3.8) is 0 Å². The number of carbonyl (C=O) groups is 1. The van der Waals surface area contributed by atoms with Gasteiger partial charge in [-0.15, -0.1) is 0 Å². The molecule has 0 radical (unpaired) electrons. The van der Waals surface area contributed by atoms with Gasteiger partial charge in [-0.1, -0.05) is 11.6 Å². The molecule has 2 aliphatic heterocycles. The first-order chi connectivity index (χ1) is 15.2. The van der Waals surface area contributed by atoms with Crippen molar-refractivity contribution >= 4 is 36.4 Å². The number of imidazole rings is 1. The van der Waals surface area contributed by atoms with Gasteiger partial charge in [0.15, 0.2) is 4.77 Å². The highest BCUT2D eigenvalue weighted by molar-refractivity contribution is 7.71. The molecule has 6 nitrogen and oxygen atoms in total. The predicted molar refractivity (Wildman–Crippen MR) is 119 cm³/mol. The summed E-state index contributed by atoms with van der Waals surface area (Å²) >= 11 is 11.6. The van der Waals surface area contributed by atoms with Crippen LogP contribution in [0, 0.1) is 16.4 Å². The van der Waals surface area contributed by atoms with Crippen molar-refractivity contribution in [1.29, 1.82) is 0 Å². The zero-order valence-corrected chi connectivity index (χ0v) is 19.4. The van der Waals surface area contributed by atoms with E-state index < -0.39 is 22.6 Å². The number of hydrogen-bond donors (Lipinski definition) is 0. The maximum Gasteiger partial charge on any atom is 0.228 e. The Hall–Kier alpha value is -2.10. The van der Waals surface area contributed by atoms with Crippen molar-refractivity contribution in [1.82, 2.24) is 14.0 Å². The van der Waals surface area contributed by atoms with E-state index in [0.29, 0.717) is 35.8 Å². The second-order valence-electron chi connectivity index (χ2n) is 8.92. The number of hydrogen-bond acceptors (Lipinski definition) is 4. The molecule has 1 aromatic carbocycles. The van der Waals surface area contributed by atoms with Gasteiger partial charge in [0, 0.05) is 32.8 Å². The van der Waals surface area contributed by atoms with Crippen molar-refractivity contribution < 1.29 is 18.3 Å². The minimum atomic E-state index is -0.964. The Bertz CT molecular complexity index is 1220. The van der Waals surface area contributed by atoms with E-state index in [2.05, 4.69) is 11.7 Å². The Morgan fingerprint density at radius 2 is 2.22 bits per heavy atom. The van der Waals surface area contributed by atoms with Gasteiger partial charge >= 0.3 is 0 Å². The average molecular weight is 481 g/mol. The minimum absolute atomic E-state index is 0.0348. The number of rotatable bonds is 5. The Balaban J connectivity index is 1.58. The lowest BCUT2D eigenvalue weighted by molar-refractivity contribution is -0.131. The number of halogens is 3. The molecule has 5 rings (SSSR count). The van der Waals surface area contributed by atoms with Crippen LogP contribution in [-0.2, 0) is 40.5 Å². The number of carbonyl (C=O) groups excluding carboxylic acids is 1. The topological polar surface area (TPSA) is 51.8 Å². The molecule has 0 bridgehead atoms. The van der Waals surface area contributed by atoms with E-state index in [1.54, 1.807) is 23.6 Å². The lowest BCUT2D eigenvalue weighted by Gasteiger charge is -2.24. The molecule has 2 fully saturated rings. The van der Waals surface area contributed by atoms with Crippen molar-refractivity contribution in [2.45, 2.75) is 42.8 Å². The summed E-state index contributed by atoms with van der Waals surface area (Å²) in [5, 5.41) is -0.142. The molecule has 1 saturated carbocycles. The average Bonchev–Trinajstić information content (AvgIpc) is 3.10. The first-order valence-electron chi connectivity index (χ1n) is 10.4. The molecule has 0 N–H and O–H groups in total. The van der Waals surface area contributed by atoms with Crippen LogP contribution in [0.4, 0.5) is 8.78 Å². The molecule has 0 spiro atoms. The molecule has 3 heterocycles. The quantitative estimate of drug-likeness (QED) is 0.374. The van der Waals surface area contributed by atoms with Gasteiger partial charge in [-0.25, -0.2) is 8.78 Å². The van der Waals surface area contributed by atoms with Crippen LogP contribution in [0.1, 0.15) is 29.8 Å². The highest BCUT2D eigenvalue weighted by Gasteiger charge is 2.76. The highest BCUT2D eigenvalue weighted by Crippen LogP contribution is 2.72. The number of nitrogens with zero attached hydrogens (tertiary/aromatic N) is 4. The number of ether oxygens (including phenoxy) is 1. The van der Waals surface area contributed by atoms with Gasteiger partial charge in [-0.05, 0) is 43.9 Å². The van der Waals surface area contributed by atoms with Crippen molar-refractivity contribution in [3.8, 4) is 0 Å². The summed E-state index contributed by atoms with van der Waals surface area (Å²) in [6.07, 6.45) is 1.27. The molecule has 1 saturated heterocycles. The highest BCUT2D eigenvalue weighted by atomic mass is 35.5. The normalized spacial score (nSPS) is 27.8. The summed E-state index contributed by atoms with van der Waals surface area (Å²) in [6.45, 7) is 5.17. The second kappa shape index (κ2) is 7.20. The molecule has 10 heteroatoms. The summed E-state index contributed by atoms with van der Waals surface area (Å²) in [5.74, 6) is -1.52. The van der Waals surface area contributed by atoms with E-state index in [1.165, 1.54) is 12.1 Å². The molecule has 1 aliphatic carbocycles. The van der Waals surface area contributed by atoms with Crippen LogP contribution in [-0.4, -0.2) is 53.0 Å². The molecule has 3 aliphatic rings. The number of benzene rings is 1. The zero-order chi connectivity index (χ0) is 23.0. The summed E-state index contributed by atoms with van der Waals surface area (Å²) < 4.78 is 39.4. The van der Waals surface area contributed by atoms with Gasteiger partial charge in [-0.3, -0.25) is 9.79 Å². The molecular weight excluding hydrogens is 458 g/mol. The van der Waals surface area contributed by atoms with Gasteiger partial charge < -0.3 is 18.8 Å². The minimum Gasteiger partial charge on any atom is -0.379 e. The van der Waals surface area contributed by atoms with Gasteiger partial charge in [-0.2, -0.15) is 0 Å². The first-order valence-corrected chi connectivity index (χ1v) is 11.2. The van der Waals surface area contributed by atoms with Crippen LogP contribution >= 0.6 is 23.8 Å². The molecule has 1 aromatic heterocycles. The molecule has 1 amide bonds. The van der Waals surface area contributed by atoms with Crippen LogP contribution in [0.2, 0.25) is 5.02 Å². The van der Waals surface area contributed by atoms with E-state index in [1.807, 2.05) is 4.57 Å². The third-order valence-corrected chi connectivity index (χ3v) is 8.25. The zero-order valence-electron chi connectivity index (χ0n) is 17.8. The molecule has 3 atom stereocenters. The Morgan fingerprint density at radius 3 is 2.88 bits per heavy atom. The van der Waals surface area contributed by atoms with Gasteiger partial charge in [0.05, 0.1) is 40.9 Å². The van der Waals surface area contributed by atoms with Crippen LogP contribution in [0.5, 0.6) is 0 Å². The number of fused-ring (bicyclic) bond motifs is 3. The first kappa shape index (κ1) is 21.7. The van der Waals surface area contributed by atoms with Gasteiger partial charge in [0.25, 0.3) is 0 Å². The third-order valence-electron chi connectivity index (χ3n) is 7.47. The van der Waals surface area contributed by atoms with Gasteiger partial charge in [0.1, 0.15) is 17.2 Å². The number of aromatic nitrogens is 2. The van der Waals surface area contributed by atoms with E-state index in [0.717, 1.165) is 6.42 Å². The van der Waals surface area contributed by atoms with Crippen molar-refractivity contribution in [3.05, 3.63) is 50.5 Å². The summed E-state index contributed by atoms with van der Waals surface area (Å²) in [4.78, 5) is 19.2. The maximum absolute atomic E-state index is 15.0. The van der Waals surface area contributed by atoms with E-state index in [-0.39, 0.29) is 35.5 Å². The third kappa shape index (κ3) is 2.67. The number of amides is 1. The smallest absolute Gasteiger partial charge is 0.228 e. The lowest BCUT2D eigenvalue weighted by Crippen LogP contribution is -2.38. The fraction of sp³-hybridized carbons (Fsp3) is 0.500. The van der Waals surface area contributed by atoms with Crippen LogP contribution < -0.4 is 0 Å². The summed E-state index contributed by atoms with van der Waals surface area (Å²) in [5.41, 5.74) is -0.605. The fourth-order valence-corrected chi connectivity index (χ4v) is 6.02. The molecule has 2 aromatic rings. The number of likely N-dealkylation sites (N-methyl/N-ethyl adjacent to an activating group) is 1. The fourth-order valence-electron chi connectivity index (χ4n) is 5.60. The van der Waals surface area contributed by atoms with Crippen molar-refractivity contribution in [2.24, 2.45) is 12.0 Å². The van der Waals surface area contributed by atoms with E-state index >= 15 is 4.39 Å². The molecule has 32 heavy (non-hydrogen) atoms. The number of aliphatic imine (C=N–C) groups is 1.